The van der Waals surface area contributed by atoms with Gasteiger partial charge in [-0.3, -0.25) is 4.72 Å². The van der Waals surface area contributed by atoms with Crippen molar-refractivity contribution in [1.29, 1.82) is 0 Å². The van der Waals surface area contributed by atoms with Crippen molar-refractivity contribution in [1.82, 2.24) is 0 Å². The van der Waals surface area contributed by atoms with E-state index in [0.29, 0.717) is 11.5 Å². The van der Waals surface area contributed by atoms with E-state index >= 15 is 0 Å². The quantitative estimate of drug-likeness (QED) is 0.505. The number of sulfonamides is 1. The molecule has 0 aromatic heterocycles. The Bertz CT molecular complexity index is 1110. The Labute approximate surface area is 167 Å². The minimum Gasteiger partial charge on any atom is -0.457 e. The van der Waals surface area contributed by atoms with Gasteiger partial charge in [-0.15, -0.1) is 0 Å². The normalized spacial score (nSPS) is 12.1. The summed E-state index contributed by atoms with van der Waals surface area (Å²) in [6, 6.07) is 17.9. The predicted octanol–water partition coefficient (Wildman–Crippen LogP) is 6.02. The Hall–Kier alpha value is -2.74. The molecule has 1 N–H and O–H groups in total. The van der Waals surface area contributed by atoms with E-state index < -0.39 is 34.8 Å². The van der Waals surface area contributed by atoms with E-state index in [1.807, 2.05) is 43.3 Å². The summed E-state index contributed by atoms with van der Waals surface area (Å²) in [5.41, 5.74) is 1.35. The molecule has 3 aromatic rings. The molecule has 0 heterocycles. The first kappa shape index (κ1) is 21.0. The van der Waals surface area contributed by atoms with Gasteiger partial charge in [0.1, 0.15) is 11.5 Å². The van der Waals surface area contributed by atoms with Crippen molar-refractivity contribution < 1.29 is 26.3 Å². The molecule has 0 fully saturated rings. The number of alkyl halides is 3. The number of nitrogens with one attached hydrogen (secondary N) is 1. The first-order chi connectivity index (χ1) is 13.6. The van der Waals surface area contributed by atoms with Crippen LogP contribution in [0.2, 0.25) is 0 Å². The number of aryl methyl sites for hydroxylation is 1. The molecule has 0 aliphatic carbocycles. The van der Waals surface area contributed by atoms with Crippen LogP contribution in [-0.4, -0.2) is 20.3 Å². The fourth-order valence-electron chi connectivity index (χ4n) is 2.91. The fraction of sp³-hybridized carbons (Fsp3) is 0.238. The molecule has 154 valence electrons. The Morgan fingerprint density at radius 1 is 1.00 bits per heavy atom. The second-order valence-corrected chi connectivity index (χ2v) is 8.59. The van der Waals surface area contributed by atoms with Gasteiger partial charge in [0.05, 0.1) is 11.4 Å². The molecule has 0 spiro atoms. The van der Waals surface area contributed by atoms with Crippen molar-refractivity contribution in [3.8, 4) is 11.5 Å². The molecule has 8 heteroatoms. The van der Waals surface area contributed by atoms with Crippen molar-refractivity contribution in [2.45, 2.75) is 25.9 Å². The molecule has 0 bridgehead atoms. The van der Waals surface area contributed by atoms with Gasteiger partial charge in [-0.25, -0.2) is 8.42 Å². The molecule has 0 aliphatic heterocycles. The number of hydrogen-bond acceptors (Lipinski definition) is 3. The van der Waals surface area contributed by atoms with Crippen LogP contribution in [0.25, 0.3) is 10.8 Å². The molecule has 0 aliphatic rings. The van der Waals surface area contributed by atoms with Gasteiger partial charge in [0.25, 0.3) is 0 Å². The maximum atomic E-state index is 12.2. The van der Waals surface area contributed by atoms with Crippen LogP contribution in [0.15, 0.2) is 60.7 Å². The van der Waals surface area contributed by atoms with E-state index in [2.05, 4.69) is 4.72 Å². The van der Waals surface area contributed by atoms with Gasteiger partial charge in [0, 0.05) is 17.9 Å². The van der Waals surface area contributed by atoms with E-state index in [0.717, 1.165) is 16.3 Å². The second kappa shape index (κ2) is 8.32. The Morgan fingerprint density at radius 2 is 1.76 bits per heavy atom. The van der Waals surface area contributed by atoms with Crippen LogP contribution >= 0.6 is 0 Å². The average Bonchev–Trinajstić information content (AvgIpc) is 2.60. The number of hydrogen-bond donors (Lipinski definition) is 1. The van der Waals surface area contributed by atoms with Crippen LogP contribution in [0.5, 0.6) is 11.5 Å². The van der Waals surface area contributed by atoms with Gasteiger partial charge < -0.3 is 4.74 Å². The van der Waals surface area contributed by atoms with Crippen molar-refractivity contribution in [2.24, 2.45) is 0 Å². The lowest BCUT2D eigenvalue weighted by atomic mass is 10.1. The number of ether oxygens (including phenoxy) is 1. The number of halogens is 3. The molecule has 4 nitrogen and oxygen atoms in total. The molecule has 0 unspecified atom stereocenters. The van der Waals surface area contributed by atoms with Gasteiger partial charge in [-0.1, -0.05) is 42.0 Å². The zero-order chi connectivity index (χ0) is 21.1. The highest BCUT2D eigenvalue weighted by atomic mass is 32.2. The highest BCUT2D eigenvalue weighted by Gasteiger charge is 2.27. The van der Waals surface area contributed by atoms with Crippen molar-refractivity contribution in [3.05, 3.63) is 66.2 Å². The summed E-state index contributed by atoms with van der Waals surface area (Å²) in [6.45, 7) is 2.00. The predicted molar refractivity (Wildman–Crippen MR) is 108 cm³/mol. The monoisotopic (exact) mass is 423 g/mol. The van der Waals surface area contributed by atoms with Gasteiger partial charge >= 0.3 is 6.18 Å². The van der Waals surface area contributed by atoms with E-state index in [9.17, 15) is 21.6 Å². The SMILES string of the molecule is Cc1ccc2c(Oc3cccc(NS(=O)(=O)CCCC(F)(F)F)c3)cccc2c1. The first-order valence-electron chi connectivity index (χ1n) is 8.96. The molecular formula is C21H20F3NO3S. The summed E-state index contributed by atoms with van der Waals surface area (Å²) >= 11 is 0. The molecule has 29 heavy (non-hydrogen) atoms. The standard InChI is InChI=1S/C21H20F3NO3S/c1-15-9-10-19-16(13-15)5-2-8-20(19)28-18-7-3-6-17(14-18)25-29(26,27)12-4-11-21(22,23)24/h2-3,5-10,13-14,25H,4,11-12H2,1H3. The van der Waals surface area contributed by atoms with Gasteiger partial charge in [-0.2, -0.15) is 13.2 Å². The first-order valence-corrected chi connectivity index (χ1v) is 10.6. The maximum Gasteiger partial charge on any atom is 0.389 e. The van der Waals surface area contributed by atoms with Crippen LogP contribution in [0.1, 0.15) is 18.4 Å². The van der Waals surface area contributed by atoms with E-state index in [-0.39, 0.29) is 5.69 Å². The molecule has 0 amide bonds. The van der Waals surface area contributed by atoms with E-state index in [4.69, 9.17) is 4.74 Å². The fourth-order valence-corrected chi connectivity index (χ4v) is 4.02. The Kier molecular flexibility index (Phi) is 6.02. The zero-order valence-corrected chi connectivity index (χ0v) is 16.5. The van der Waals surface area contributed by atoms with E-state index in [1.54, 1.807) is 12.1 Å². The summed E-state index contributed by atoms with van der Waals surface area (Å²) in [5.74, 6) is 0.418. The van der Waals surface area contributed by atoms with Crippen molar-refractivity contribution in [3.63, 3.8) is 0 Å². The third kappa shape index (κ3) is 6.12. The lowest BCUT2D eigenvalue weighted by Crippen LogP contribution is -2.18. The Morgan fingerprint density at radius 3 is 2.52 bits per heavy atom. The summed E-state index contributed by atoms with van der Waals surface area (Å²) in [4.78, 5) is 0. The summed E-state index contributed by atoms with van der Waals surface area (Å²) in [6.07, 6.45) is -6.01. The minimum absolute atomic E-state index is 0.227. The molecule has 0 saturated heterocycles. The highest BCUT2D eigenvalue weighted by molar-refractivity contribution is 7.92. The molecule has 3 aromatic carbocycles. The van der Waals surface area contributed by atoms with Crippen LogP contribution in [-0.2, 0) is 10.0 Å². The summed E-state index contributed by atoms with van der Waals surface area (Å²) in [5, 5.41) is 1.93. The highest BCUT2D eigenvalue weighted by Crippen LogP contribution is 2.31. The Balaban J connectivity index is 1.73. The van der Waals surface area contributed by atoms with Crippen LogP contribution in [0.4, 0.5) is 18.9 Å². The summed E-state index contributed by atoms with van der Waals surface area (Å²) in [7, 11) is -3.89. The van der Waals surface area contributed by atoms with Crippen molar-refractivity contribution >= 4 is 26.5 Å². The van der Waals surface area contributed by atoms with Crippen LogP contribution in [0, 0.1) is 6.92 Å². The number of fused-ring (bicyclic) bond motifs is 1. The lowest BCUT2D eigenvalue weighted by Gasteiger charge is -2.12. The number of rotatable bonds is 7. The van der Waals surface area contributed by atoms with Crippen molar-refractivity contribution in [2.75, 3.05) is 10.5 Å². The number of benzene rings is 3. The maximum absolute atomic E-state index is 12.2. The van der Waals surface area contributed by atoms with Crippen LogP contribution < -0.4 is 9.46 Å². The largest absolute Gasteiger partial charge is 0.457 e. The topological polar surface area (TPSA) is 55.4 Å². The third-order valence-electron chi connectivity index (χ3n) is 4.20. The smallest absolute Gasteiger partial charge is 0.389 e. The van der Waals surface area contributed by atoms with Gasteiger partial charge in [0.15, 0.2) is 0 Å². The minimum atomic E-state index is -4.37. The third-order valence-corrected chi connectivity index (χ3v) is 5.58. The molecule has 0 atom stereocenters. The van der Waals surface area contributed by atoms with Gasteiger partial charge in [-0.05, 0) is 36.9 Å². The van der Waals surface area contributed by atoms with Crippen LogP contribution in [0.3, 0.4) is 0 Å². The lowest BCUT2D eigenvalue weighted by molar-refractivity contribution is -0.134. The van der Waals surface area contributed by atoms with Gasteiger partial charge in [0.2, 0.25) is 10.0 Å². The second-order valence-electron chi connectivity index (χ2n) is 6.75. The zero-order valence-electron chi connectivity index (χ0n) is 15.7. The number of anilines is 1. The molecule has 3 rings (SSSR count). The molecular weight excluding hydrogens is 403 g/mol. The molecule has 0 radical (unpaired) electrons. The van der Waals surface area contributed by atoms with E-state index in [1.165, 1.54) is 12.1 Å². The molecule has 0 saturated carbocycles. The average molecular weight is 423 g/mol. The summed E-state index contributed by atoms with van der Waals surface area (Å²) < 4.78 is 69.0.